The Bertz CT molecular complexity index is 1550. The molecule has 0 atom stereocenters. The number of amides is 1. The van der Waals surface area contributed by atoms with E-state index in [-0.39, 0.29) is 11.5 Å². The van der Waals surface area contributed by atoms with Crippen molar-refractivity contribution >= 4 is 33.8 Å². The number of hydrogen-bond acceptors (Lipinski definition) is 8. The quantitative estimate of drug-likeness (QED) is 0.338. The van der Waals surface area contributed by atoms with E-state index >= 15 is 0 Å². The molecule has 11 heteroatoms. The highest BCUT2D eigenvalue weighted by atomic mass is 32.1. The summed E-state index contributed by atoms with van der Waals surface area (Å²) in [6, 6.07) is 10.3. The van der Waals surface area contributed by atoms with Crippen molar-refractivity contribution in [3.63, 3.8) is 0 Å². The molecule has 0 unspecified atom stereocenters. The van der Waals surface area contributed by atoms with E-state index in [1.54, 1.807) is 25.1 Å². The normalized spacial score (nSPS) is 14.5. The molecule has 0 bridgehead atoms. The molecule has 0 saturated carbocycles. The SMILES string of the molecule is CCc1nc2ccc(C3CCN(CC(=O)N(C)C)CC3)nn2c1N(C)c1nc(-c2ccc(F)cc2C#N)cs1. The van der Waals surface area contributed by atoms with Gasteiger partial charge in [0.1, 0.15) is 5.82 Å². The van der Waals surface area contributed by atoms with Crippen LogP contribution < -0.4 is 4.90 Å². The molecular weight excluding hydrogens is 515 g/mol. The van der Waals surface area contributed by atoms with E-state index in [1.165, 1.54) is 23.5 Å². The van der Waals surface area contributed by atoms with E-state index in [2.05, 4.69) is 24.0 Å². The van der Waals surface area contributed by atoms with Crippen LogP contribution in [-0.4, -0.2) is 76.1 Å². The van der Waals surface area contributed by atoms with Crippen molar-refractivity contribution in [1.82, 2.24) is 29.4 Å². The molecule has 202 valence electrons. The lowest BCUT2D eigenvalue weighted by Gasteiger charge is -2.31. The number of fused-ring (bicyclic) bond motifs is 1. The fourth-order valence-electron chi connectivity index (χ4n) is 4.96. The van der Waals surface area contributed by atoms with Crippen LogP contribution in [0, 0.1) is 17.1 Å². The van der Waals surface area contributed by atoms with Gasteiger partial charge in [-0.3, -0.25) is 9.69 Å². The van der Waals surface area contributed by atoms with Gasteiger partial charge in [0.2, 0.25) is 5.91 Å². The Morgan fingerprint density at radius 1 is 1.18 bits per heavy atom. The summed E-state index contributed by atoms with van der Waals surface area (Å²) in [6.45, 7) is 4.23. The van der Waals surface area contributed by atoms with Crippen LogP contribution in [0.3, 0.4) is 0 Å². The minimum absolute atomic E-state index is 0.125. The molecule has 1 amide bonds. The average Bonchev–Trinajstić information content (AvgIpc) is 3.57. The number of nitriles is 1. The molecule has 1 aromatic carbocycles. The molecule has 9 nitrogen and oxygen atoms in total. The van der Waals surface area contributed by atoms with Gasteiger partial charge in [0.05, 0.1) is 35.3 Å². The van der Waals surface area contributed by atoms with Gasteiger partial charge in [-0.1, -0.05) is 6.92 Å². The molecule has 39 heavy (non-hydrogen) atoms. The van der Waals surface area contributed by atoms with Crippen molar-refractivity contribution in [3.8, 4) is 17.3 Å². The minimum Gasteiger partial charge on any atom is -0.348 e. The number of hydrogen-bond donors (Lipinski definition) is 0. The summed E-state index contributed by atoms with van der Waals surface area (Å²) in [4.78, 5) is 27.5. The Hall–Kier alpha value is -3.88. The van der Waals surface area contributed by atoms with Crippen LogP contribution in [0.15, 0.2) is 35.7 Å². The number of aryl methyl sites for hydroxylation is 1. The lowest BCUT2D eigenvalue weighted by Crippen LogP contribution is -2.40. The van der Waals surface area contributed by atoms with Crippen molar-refractivity contribution in [2.24, 2.45) is 0 Å². The zero-order valence-corrected chi connectivity index (χ0v) is 23.4. The summed E-state index contributed by atoms with van der Waals surface area (Å²) in [7, 11) is 5.52. The van der Waals surface area contributed by atoms with E-state index in [0.717, 1.165) is 60.3 Å². The first-order valence-corrected chi connectivity index (χ1v) is 13.9. The molecule has 4 heterocycles. The topological polar surface area (TPSA) is 93.7 Å². The number of thiazole rings is 1. The molecule has 1 fully saturated rings. The van der Waals surface area contributed by atoms with Crippen LogP contribution in [0.2, 0.25) is 0 Å². The second kappa shape index (κ2) is 11.1. The third-order valence-electron chi connectivity index (χ3n) is 7.22. The number of likely N-dealkylation sites (N-methyl/N-ethyl adjacent to an activating group) is 1. The molecule has 4 aromatic rings. The summed E-state index contributed by atoms with van der Waals surface area (Å²) in [6.07, 6.45) is 2.61. The van der Waals surface area contributed by atoms with E-state index in [1.807, 2.05) is 27.9 Å². The fourth-order valence-corrected chi connectivity index (χ4v) is 5.75. The van der Waals surface area contributed by atoms with Crippen molar-refractivity contribution in [2.75, 3.05) is 45.7 Å². The van der Waals surface area contributed by atoms with Crippen LogP contribution in [-0.2, 0) is 11.2 Å². The second-order valence-corrected chi connectivity index (χ2v) is 10.8. The van der Waals surface area contributed by atoms with Gasteiger partial charge in [-0.05, 0) is 62.7 Å². The first-order chi connectivity index (χ1) is 18.8. The largest absolute Gasteiger partial charge is 0.348 e. The number of imidazole rings is 1. The minimum atomic E-state index is -0.448. The van der Waals surface area contributed by atoms with Crippen LogP contribution in [0.5, 0.6) is 0 Å². The van der Waals surface area contributed by atoms with Gasteiger partial charge in [-0.25, -0.2) is 14.4 Å². The molecule has 0 radical (unpaired) electrons. The average molecular weight is 547 g/mol. The molecule has 1 saturated heterocycles. The van der Waals surface area contributed by atoms with Crippen LogP contribution in [0.25, 0.3) is 16.9 Å². The molecule has 0 spiro atoms. The molecule has 1 aliphatic rings. The van der Waals surface area contributed by atoms with Gasteiger partial charge >= 0.3 is 0 Å². The highest BCUT2D eigenvalue weighted by Gasteiger charge is 2.26. The Labute approximate surface area is 231 Å². The second-order valence-electron chi connectivity index (χ2n) is 9.98. The number of rotatable bonds is 7. The lowest BCUT2D eigenvalue weighted by molar-refractivity contribution is -0.130. The number of piperidine rings is 1. The summed E-state index contributed by atoms with van der Waals surface area (Å²) in [5.41, 5.74) is 4.17. The Morgan fingerprint density at radius 2 is 1.95 bits per heavy atom. The number of halogens is 1. The summed E-state index contributed by atoms with van der Waals surface area (Å²) in [5.74, 6) is 0.833. The monoisotopic (exact) mass is 546 g/mol. The van der Waals surface area contributed by atoms with E-state index in [9.17, 15) is 14.4 Å². The van der Waals surface area contributed by atoms with Crippen molar-refractivity contribution in [2.45, 2.75) is 32.1 Å². The number of carbonyl (C=O) groups excluding carboxylic acids is 1. The van der Waals surface area contributed by atoms with Crippen molar-refractivity contribution < 1.29 is 9.18 Å². The number of nitrogens with zero attached hydrogens (tertiary/aromatic N) is 8. The molecule has 5 rings (SSSR count). The molecule has 0 aliphatic carbocycles. The molecular formula is C28H31FN8OS. The Morgan fingerprint density at radius 3 is 2.64 bits per heavy atom. The Kier molecular flexibility index (Phi) is 7.59. The molecule has 0 N–H and O–H groups in total. The highest BCUT2D eigenvalue weighted by Crippen LogP contribution is 2.35. The van der Waals surface area contributed by atoms with E-state index in [0.29, 0.717) is 23.7 Å². The van der Waals surface area contributed by atoms with Crippen LogP contribution in [0.1, 0.15) is 42.6 Å². The number of likely N-dealkylation sites (tertiary alicyclic amines) is 1. The third kappa shape index (κ3) is 5.35. The summed E-state index contributed by atoms with van der Waals surface area (Å²) >= 11 is 1.45. The third-order valence-corrected chi connectivity index (χ3v) is 8.13. The number of aromatic nitrogens is 4. The maximum Gasteiger partial charge on any atom is 0.236 e. The smallest absolute Gasteiger partial charge is 0.236 e. The predicted molar refractivity (Wildman–Crippen MR) is 150 cm³/mol. The number of anilines is 2. The maximum absolute atomic E-state index is 13.7. The van der Waals surface area contributed by atoms with Crippen molar-refractivity contribution in [1.29, 1.82) is 5.26 Å². The Balaban J connectivity index is 1.41. The van der Waals surface area contributed by atoms with Crippen molar-refractivity contribution in [3.05, 3.63) is 58.5 Å². The van der Waals surface area contributed by atoms with Crippen LogP contribution in [0.4, 0.5) is 15.3 Å². The first kappa shape index (κ1) is 26.7. The predicted octanol–water partition coefficient (Wildman–Crippen LogP) is 4.46. The standard InChI is InChI=1S/C28H31FN8OS/c1-5-22-27(35(4)28-32-24(17-39-28)21-7-6-20(29)14-19(21)15-30)37-25(31-22)9-8-23(33-37)18-10-12-36(13-11-18)16-26(38)34(2)3/h6-9,14,17-18H,5,10-13,16H2,1-4H3. The lowest BCUT2D eigenvalue weighted by atomic mass is 9.93. The maximum atomic E-state index is 13.7. The summed E-state index contributed by atoms with van der Waals surface area (Å²) in [5, 5.41) is 17.1. The molecule has 3 aromatic heterocycles. The van der Waals surface area contributed by atoms with Gasteiger partial charge in [0, 0.05) is 38.0 Å². The van der Waals surface area contributed by atoms with Gasteiger partial charge in [-0.15, -0.1) is 11.3 Å². The van der Waals surface area contributed by atoms with E-state index in [4.69, 9.17) is 15.1 Å². The zero-order chi connectivity index (χ0) is 27.7. The van der Waals surface area contributed by atoms with E-state index < -0.39 is 5.82 Å². The number of carbonyl (C=O) groups is 1. The summed E-state index contributed by atoms with van der Waals surface area (Å²) < 4.78 is 15.6. The number of benzene rings is 1. The van der Waals surface area contributed by atoms with Gasteiger partial charge in [0.25, 0.3) is 0 Å². The zero-order valence-electron chi connectivity index (χ0n) is 22.6. The van der Waals surface area contributed by atoms with Gasteiger partial charge in [0.15, 0.2) is 16.6 Å². The van der Waals surface area contributed by atoms with Gasteiger partial charge in [-0.2, -0.15) is 14.9 Å². The van der Waals surface area contributed by atoms with Crippen LogP contribution >= 0.6 is 11.3 Å². The first-order valence-electron chi connectivity index (χ1n) is 13.0. The highest BCUT2D eigenvalue weighted by molar-refractivity contribution is 7.14. The fraction of sp³-hybridized carbons (Fsp3) is 0.393. The van der Waals surface area contributed by atoms with Gasteiger partial charge < -0.3 is 9.80 Å². The molecule has 1 aliphatic heterocycles.